The number of hydrogen-bond acceptors (Lipinski definition) is 2. The van der Waals surface area contributed by atoms with Crippen LogP contribution in [0, 0.1) is 0 Å². The van der Waals surface area contributed by atoms with Crippen molar-refractivity contribution in [1.82, 2.24) is 5.32 Å². The van der Waals surface area contributed by atoms with Gasteiger partial charge in [-0.25, -0.2) is 0 Å². The number of para-hydroxylation sites is 1. The highest BCUT2D eigenvalue weighted by atomic mass is 15.2. The number of benzene rings is 1. The average molecular weight is 190 g/mol. The predicted octanol–water partition coefficient (Wildman–Crippen LogP) is 1.66. The molecular formula is C12H18N2. The third-order valence-electron chi connectivity index (χ3n) is 2.95. The molecule has 1 atom stereocenters. The van der Waals surface area contributed by atoms with E-state index in [1.165, 1.54) is 17.7 Å². The van der Waals surface area contributed by atoms with E-state index in [0.717, 1.165) is 13.1 Å². The summed E-state index contributed by atoms with van der Waals surface area (Å²) >= 11 is 0. The van der Waals surface area contributed by atoms with Crippen molar-refractivity contribution in [2.45, 2.75) is 19.4 Å². The molecule has 0 amide bonds. The Kier molecular flexibility index (Phi) is 2.73. The van der Waals surface area contributed by atoms with Crippen LogP contribution in [0.15, 0.2) is 24.3 Å². The second-order valence-electron chi connectivity index (χ2n) is 3.98. The summed E-state index contributed by atoms with van der Waals surface area (Å²) in [6.45, 7) is 4.46. The third kappa shape index (κ3) is 1.62. The summed E-state index contributed by atoms with van der Waals surface area (Å²) < 4.78 is 0. The van der Waals surface area contributed by atoms with Crippen LogP contribution in [-0.4, -0.2) is 26.2 Å². The van der Waals surface area contributed by atoms with Gasteiger partial charge in [0.2, 0.25) is 0 Å². The van der Waals surface area contributed by atoms with Crippen molar-refractivity contribution < 1.29 is 0 Å². The van der Waals surface area contributed by atoms with Crippen LogP contribution in [0.4, 0.5) is 5.69 Å². The minimum absolute atomic E-state index is 0.653. The van der Waals surface area contributed by atoms with Crippen LogP contribution < -0.4 is 10.2 Å². The molecule has 1 aromatic rings. The zero-order valence-electron chi connectivity index (χ0n) is 8.96. The summed E-state index contributed by atoms with van der Waals surface area (Å²) in [5, 5.41) is 3.20. The van der Waals surface area contributed by atoms with Gasteiger partial charge in [0, 0.05) is 24.8 Å². The maximum atomic E-state index is 3.20. The van der Waals surface area contributed by atoms with Crippen LogP contribution in [0.25, 0.3) is 0 Å². The molecule has 1 aromatic carbocycles. The average Bonchev–Trinajstić information content (AvgIpc) is 2.51. The number of likely N-dealkylation sites (N-methyl/N-ethyl adjacent to an activating group) is 1. The van der Waals surface area contributed by atoms with Gasteiger partial charge in [-0.05, 0) is 32.0 Å². The van der Waals surface area contributed by atoms with Crippen LogP contribution in [0.1, 0.15) is 12.5 Å². The summed E-state index contributed by atoms with van der Waals surface area (Å²) in [5.41, 5.74) is 2.92. The van der Waals surface area contributed by atoms with Gasteiger partial charge in [0.05, 0.1) is 0 Å². The Labute approximate surface area is 85.9 Å². The van der Waals surface area contributed by atoms with Crippen molar-refractivity contribution in [2.75, 3.05) is 25.0 Å². The van der Waals surface area contributed by atoms with E-state index in [9.17, 15) is 0 Å². The lowest BCUT2D eigenvalue weighted by Gasteiger charge is -2.24. The molecule has 1 heterocycles. The van der Waals surface area contributed by atoms with Gasteiger partial charge >= 0.3 is 0 Å². The van der Waals surface area contributed by atoms with Gasteiger partial charge in [0.25, 0.3) is 0 Å². The Hall–Kier alpha value is -1.02. The molecule has 0 saturated heterocycles. The maximum absolute atomic E-state index is 3.20. The first-order valence-corrected chi connectivity index (χ1v) is 5.32. The van der Waals surface area contributed by atoms with Gasteiger partial charge in [-0.15, -0.1) is 0 Å². The molecule has 0 radical (unpaired) electrons. The molecule has 1 N–H and O–H groups in total. The molecule has 0 bridgehead atoms. The molecule has 2 nitrogen and oxygen atoms in total. The lowest BCUT2D eigenvalue weighted by Crippen LogP contribution is -2.34. The van der Waals surface area contributed by atoms with Crippen molar-refractivity contribution in [2.24, 2.45) is 0 Å². The topological polar surface area (TPSA) is 15.3 Å². The second-order valence-corrected chi connectivity index (χ2v) is 3.98. The van der Waals surface area contributed by atoms with Gasteiger partial charge in [-0.1, -0.05) is 18.2 Å². The zero-order chi connectivity index (χ0) is 9.97. The highest BCUT2D eigenvalue weighted by molar-refractivity contribution is 5.59. The predicted molar refractivity (Wildman–Crippen MR) is 60.9 cm³/mol. The Morgan fingerprint density at radius 1 is 1.43 bits per heavy atom. The second kappa shape index (κ2) is 4.01. The number of hydrogen-bond donors (Lipinski definition) is 1. The normalized spacial score (nSPS) is 19.9. The number of nitrogens with one attached hydrogen (secondary N) is 1. The van der Waals surface area contributed by atoms with Crippen LogP contribution in [0.2, 0.25) is 0 Å². The molecule has 2 rings (SSSR count). The summed E-state index contributed by atoms with van der Waals surface area (Å²) in [6.07, 6.45) is 1.19. The first-order valence-electron chi connectivity index (χ1n) is 5.32. The Morgan fingerprint density at radius 2 is 2.21 bits per heavy atom. The summed E-state index contributed by atoms with van der Waals surface area (Å²) in [4.78, 5) is 2.49. The number of anilines is 1. The highest BCUT2D eigenvalue weighted by Gasteiger charge is 2.24. The molecule has 1 aliphatic heterocycles. The van der Waals surface area contributed by atoms with Crippen molar-refractivity contribution in [3.63, 3.8) is 0 Å². The summed E-state index contributed by atoms with van der Waals surface area (Å²) in [7, 11) is 2.01. The molecule has 0 aliphatic carbocycles. The number of fused-ring (bicyclic) bond motifs is 1. The lowest BCUT2D eigenvalue weighted by atomic mass is 10.1. The standard InChI is InChI=1S/C12H18N2/c1-10-9-11-5-3-4-6-12(11)14(10)8-7-13-2/h3-6,10,13H,7-9H2,1-2H3. The van der Waals surface area contributed by atoms with Crippen LogP contribution >= 0.6 is 0 Å². The molecule has 1 aliphatic rings. The van der Waals surface area contributed by atoms with E-state index in [0.29, 0.717) is 6.04 Å². The zero-order valence-corrected chi connectivity index (χ0v) is 8.96. The van der Waals surface area contributed by atoms with Crippen LogP contribution in [0.3, 0.4) is 0 Å². The van der Waals surface area contributed by atoms with E-state index in [1.54, 1.807) is 0 Å². The molecule has 1 unspecified atom stereocenters. The molecule has 0 saturated carbocycles. The Balaban J connectivity index is 2.17. The molecule has 0 fully saturated rings. The fourth-order valence-corrected chi connectivity index (χ4v) is 2.20. The van der Waals surface area contributed by atoms with E-state index in [2.05, 4.69) is 41.4 Å². The Bertz CT molecular complexity index is 309. The molecule has 2 heteroatoms. The van der Waals surface area contributed by atoms with Crippen molar-refractivity contribution >= 4 is 5.69 Å². The van der Waals surface area contributed by atoms with Crippen LogP contribution in [0.5, 0.6) is 0 Å². The number of nitrogens with zero attached hydrogens (tertiary/aromatic N) is 1. The SMILES string of the molecule is CNCCN1c2ccccc2CC1C. The van der Waals surface area contributed by atoms with E-state index in [4.69, 9.17) is 0 Å². The minimum atomic E-state index is 0.653. The summed E-state index contributed by atoms with van der Waals surface area (Å²) in [5.74, 6) is 0. The lowest BCUT2D eigenvalue weighted by molar-refractivity contribution is 0.648. The van der Waals surface area contributed by atoms with Gasteiger partial charge < -0.3 is 10.2 Å². The third-order valence-corrected chi connectivity index (χ3v) is 2.95. The quantitative estimate of drug-likeness (QED) is 0.779. The molecular weight excluding hydrogens is 172 g/mol. The maximum Gasteiger partial charge on any atom is 0.0402 e. The largest absolute Gasteiger partial charge is 0.367 e. The van der Waals surface area contributed by atoms with Gasteiger partial charge in [-0.3, -0.25) is 0 Å². The summed E-state index contributed by atoms with van der Waals surface area (Å²) in [6, 6.07) is 9.39. The van der Waals surface area contributed by atoms with Crippen LogP contribution in [-0.2, 0) is 6.42 Å². The van der Waals surface area contributed by atoms with Gasteiger partial charge in [-0.2, -0.15) is 0 Å². The monoisotopic (exact) mass is 190 g/mol. The molecule has 14 heavy (non-hydrogen) atoms. The van der Waals surface area contributed by atoms with E-state index in [-0.39, 0.29) is 0 Å². The smallest absolute Gasteiger partial charge is 0.0402 e. The van der Waals surface area contributed by atoms with Crippen molar-refractivity contribution in [3.8, 4) is 0 Å². The van der Waals surface area contributed by atoms with Crippen molar-refractivity contribution in [1.29, 1.82) is 0 Å². The Morgan fingerprint density at radius 3 is 3.00 bits per heavy atom. The van der Waals surface area contributed by atoms with E-state index in [1.807, 2.05) is 7.05 Å². The van der Waals surface area contributed by atoms with Gasteiger partial charge in [0.1, 0.15) is 0 Å². The molecule has 0 spiro atoms. The fourth-order valence-electron chi connectivity index (χ4n) is 2.20. The van der Waals surface area contributed by atoms with E-state index >= 15 is 0 Å². The molecule has 76 valence electrons. The molecule has 0 aromatic heterocycles. The number of rotatable bonds is 3. The fraction of sp³-hybridized carbons (Fsp3) is 0.500. The first-order chi connectivity index (χ1) is 6.83. The van der Waals surface area contributed by atoms with Crippen molar-refractivity contribution in [3.05, 3.63) is 29.8 Å². The minimum Gasteiger partial charge on any atom is -0.367 e. The highest BCUT2D eigenvalue weighted by Crippen LogP contribution is 2.30. The first kappa shape index (κ1) is 9.53. The van der Waals surface area contributed by atoms with E-state index < -0.39 is 0 Å². The van der Waals surface area contributed by atoms with Gasteiger partial charge in [0.15, 0.2) is 0 Å².